The highest BCUT2D eigenvalue weighted by Gasteiger charge is 2.34. The first-order valence-corrected chi connectivity index (χ1v) is 8.28. The number of likely N-dealkylation sites (N-methyl/N-ethyl adjacent to an activating group) is 1. The molecule has 0 saturated heterocycles. The molecular weight excluding hydrogens is 250 g/mol. The molecule has 3 N–H and O–H groups in total. The molecule has 0 radical (unpaired) electrons. The molecule has 20 heavy (non-hydrogen) atoms. The van der Waals surface area contributed by atoms with E-state index >= 15 is 0 Å². The van der Waals surface area contributed by atoms with E-state index in [0.29, 0.717) is 13.0 Å². The Hall–Kier alpha value is -0.610. The lowest BCUT2D eigenvalue weighted by molar-refractivity contribution is -0.122. The minimum atomic E-state index is 0.128. The Labute approximate surface area is 124 Å². The number of rotatable bonds is 7. The van der Waals surface area contributed by atoms with Gasteiger partial charge in [-0.25, -0.2) is 0 Å². The maximum atomic E-state index is 11.8. The summed E-state index contributed by atoms with van der Waals surface area (Å²) in [6.45, 7) is 8.71. The zero-order valence-corrected chi connectivity index (χ0v) is 13.6. The van der Waals surface area contributed by atoms with Crippen LogP contribution >= 0.6 is 0 Å². The highest BCUT2D eigenvalue weighted by Crippen LogP contribution is 2.31. The lowest BCUT2D eigenvalue weighted by Crippen LogP contribution is -2.54. The smallest absolute Gasteiger partial charge is 0.221 e. The fourth-order valence-corrected chi connectivity index (χ4v) is 3.40. The molecular formula is C16H33N3O. The van der Waals surface area contributed by atoms with Crippen molar-refractivity contribution in [2.45, 2.75) is 77.3 Å². The monoisotopic (exact) mass is 283 g/mol. The fraction of sp³-hybridized carbons (Fsp3) is 0.938. The summed E-state index contributed by atoms with van der Waals surface area (Å²) in [7, 11) is 0. The van der Waals surface area contributed by atoms with Crippen molar-refractivity contribution in [3.05, 3.63) is 0 Å². The van der Waals surface area contributed by atoms with Gasteiger partial charge in [0.2, 0.25) is 5.91 Å². The quantitative estimate of drug-likeness (QED) is 0.705. The van der Waals surface area contributed by atoms with Crippen LogP contribution in [0.3, 0.4) is 0 Å². The van der Waals surface area contributed by atoms with E-state index in [1.807, 2.05) is 13.8 Å². The zero-order valence-electron chi connectivity index (χ0n) is 13.6. The van der Waals surface area contributed by atoms with Gasteiger partial charge < -0.3 is 11.1 Å². The molecule has 1 saturated carbocycles. The second-order valence-corrected chi connectivity index (χ2v) is 6.39. The van der Waals surface area contributed by atoms with Crippen LogP contribution in [0.1, 0.15) is 65.7 Å². The molecule has 4 nitrogen and oxygen atoms in total. The van der Waals surface area contributed by atoms with Gasteiger partial charge in [0, 0.05) is 31.1 Å². The summed E-state index contributed by atoms with van der Waals surface area (Å²) in [6.07, 6.45) is 8.14. The molecule has 0 aromatic carbocycles. The molecule has 1 aliphatic carbocycles. The summed E-state index contributed by atoms with van der Waals surface area (Å²) in [5, 5.41) is 2.97. The van der Waals surface area contributed by atoms with Crippen molar-refractivity contribution in [3.63, 3.8) is 0 Å². The summed E-state index contributed by atoms with van der Waals surface area (Å²) in [5.41, 5.74) is 6.26. The average Bonchev–Trinajstić information content (AvgIpc) is 2.65. The summed E-state index contributed by atoms with van der Waals surface area (Å²) >= 11 is 0. The van der Waals surface area contributed by atoms with Gasteiger partial charge in [0.15, 0.2) is 0 Å². The van der Waals surface area contributed by atoms with Gasteiger partial charge in [-0.05, 0) is 33.2 Å². The van der Waals surface area contributed by atoms with E-state index in [0.717, 1.165) is 13.1 Å². The van der Waals surface area contributed by atoms with Crippen LogP contribution in [-0.2, 0) is 4.79 Å². The summed E-state index contributed by atoms with van der Waals surface area (Å²) in [5.74, 6) is 0.152. The molecule has 0 aromatic heterocycles. The van der Waals surface area contributed by atoms with Gasteiger partial charge in [-0.15, -0.1) is 0 Å². The number of nitrogens with one attached hydrogen (secondary N) is 1. The largest absolute Gasteiger partial charge is 0.354 e. The Morgan fingerprint density at radius 1 is 1.25 bits per heavy atom. The van der Waals surface area contributed by atoms with E-state index in [4.69, 9.17) is 5.73 Å². The number of amides is 1. The number of carbonyl (C=O) groups is 1. The molecule has 1 rings (SSSR count). The van der Waals surface area contributed by atoms with Gasteiger partial charge in [-0.3, -0.25) is 9.69 Å². The first kappa shape index (κ1) is 17.4. The predicted molar refractivity (Wildman–Crippen MR) is 84.6 cm³/mol. The topological polar surface area (TPSA) is 58.4 Å². The van der Waals surface area contributed by atoms with Crippen LogP contribution in [0.15, 0.2) is 0 Å². The van der Waals surface area contributed by atoms with Crippen LogP contribution in [0.25, 0.3) is 0 Å². The third-order valence-electron chi connectivity index (χ3n) is 4.53. The second-order valence-electron chi connectivity index (χ2n) is 6.39. The highest BCUT2D eigenvalue weighted by molar-refractivity contribution is 5.76. The Kier molecular flexibility index (Phi) is 7.52. The predicted octanol–water partition coefficient (Wildman–Crippen LogP) is 2.27. The SMILES string of the molecule is CCN(CCC(=O)NC(C)C)C1(CN)CCCCCC1. The summed E-state index contributed by atoms with van der Waals surface area (Å²) in [6, 6.07) is 0.221. The molecule has 0 unspecified atom stereocenters. The maximum Gasteiger partial charge on any atom is 0.221 e. The van der Waals surface area contributed by atoms with E-state index < -0.39 is 0 Å². The Balaban J connectivity index is 2.59. The number of nitrogens with two attached hydrogens (primary N) is 1. The van der Waals surface area contributed by atoms with Crippen LogP contribution in [0.5, 0.6) is 0 Å². The first-order valence-electron chi connectivity index (χ1n) is 8.28. The summed E-state index contributed by atoms with van der Waals surface area (Å²) < 4.78 is 0. The Morgan fingerprint density at radius 3 is 2.30 bits per heavy atom. The Morgan fingerprint density at radius 2 is 1.85 bits per heavy atom. The third kappa shape index (κ3) is 5.06. The first-order chi connectivity index (χ1) is 9.54. The van der Waals surface area contributed by atoms with Crippen LogP contribution in [0, 0.1) is 0 Å². The molecule has 118 valence electrons. The van der Waals surface area contributed by atoms with Gasteiger partial charge in [0.1, 0.15) is 0 Å². The van der Waals surface area contributed by atoms with Crippen molar-refractivity contribution in [1.82, 2.24) is 10.2 Å². The van der Waals surface area contributed by atoms with E-state index in [1.165, 1.54) is 38.5 Å². The van der Waals surface area contributed by atoms with Crippen LogP contribution in [0.4, 0.5) is 0 Å². The molecule has 0 bridgehead atoms. The second kappa shape index (κ2) is 8.63. The van der Waals surface area contributed by atoms with E-state index in [1.54, 1.807) is 0 Å². The standard InChI is InChI=1S/C16H33N3O/c1-4-19(12-9-15(20)18-14(2)3)16(13-17)10-7-5-6-8-11-16/h14H,4-13,17H2,1-3H3,(H,18,20). The van der Waals surface area contributed by atoms with Gasteiger partial charge in [0.25, 0.3) is 0 Å². The number of carbonyl (C=O) groups excluding carboxylic acids is 1. The Bertz CT molecular complexity index is 283. The molecule has 0 aromatic rings. The zero-order chi connectivity index (χ0) is 15.0. The van der Waals surface area contributed by atoms with E-state index in [2.05, 4.69) is 17.1 Å². The molecule has 0 spiro atoms. The van der Waals surface area contributed by atoms with Gasteiger partial charge in [-0.2, -0.15) is 0 Å². The lowest BCUT2D eigenvalue weighted by Gasteiger charge is -2.43. The van der Waals surface area contributed by atoms with E-state index in [9.17, 15) is 4.79 Å². The van der Waals surface area contributed by atoms with Gasteiger partial charge in [0.05, 0.1) is 0 Å². The minimum absolute atomic E-state index is 0.128. The molecule has 0 atom stereocenters. The van der Waals surface area contributed by atoms with Gasteiger partial charge >= 0.3 is 0 Å². The van der Waals surface area contributed by atoms with Crippen molar-refractivity contribution < 1.29 is 4.79 Å². The molecule has 0 aliphatic heterocycles. The third-order valence-corrected chi connectivity index (χ3v) is 4.53. The van der Waals surface area contributed by atoms with Crippen molar-refractivity contribution in [1.29, 1.82) is 0 Å². The van der Waals surface area contributed by atoms with Crippen LogP contribution in [0.2, 0.25) is 0 Å². The molecule has 1 aliphatic rings. The van der Waals surface area contributed by atoms with Crippen molar-refractivity contribution in [3.8, 4) is 0 Å². The number of nitrogens with zero attached hydrogens (tertiary/aromatic N) is 1. The minimum Gasteiger partial charge on any atom is -0.354 e. The highest BCUT2D eigenvalue weighted by atomic mass is 16.1. The van der Waals surface area contributed by atoms with Gasteiger partial charge in [-0.1, -0.05) is 32.6 Å². The van der Waals surface area contributed by atoms with Crippen molar-refractivity contribution in [2.75, 3.05) is 19.6 Å². The summed E-state index contributed by atoms with van der Waals surface area (Å²) in [4.78, 5) is 14.3. The average molecular weight is 283 g/mol. The lowest BCUT2D eigenvalue weighted by atomic mass is 9.88. The van der Waals surface area contributed by atoms with E-state index in [-0.39, 0.29) is 17.5 Å². The molecule has 4 heteroatoms. The number of hydrogen-bond acceptors (Lipinski definition) is 3. The van der Waals surface area contributed by atoms with Crippen molar-refractivity contribution in [2.24, 2.45) is 5.73 Å². The molecule has 1 amide bonds. The number of hydrogen-bond donors (Lipinski definition) is 2. The molecule has 1 fully saturated rings. The van der Waals surface area contributed by atoms with Crippen LogP contribution < -0.4 is 11.1 Å². The molecule has 0 heterocycles. The fourth-order valence-electron chi connectivity index (χ4n) is 3.40. The maximum absolute atomic E-state index is 11.8. The van der Waals surface area contributed by atoms with Crippen LogP contribution in [-0.4, -0.2) is 42.0 Å². The van der Waals surface area contributed by atoms with Crippen molar-refractivity contribution >= 4 is 5.91 Å². The normalized spacial score (nSPS) is 19.1.